The number of carbonyl (C=O) groups is 1. The highest BCUT2D eigenvalue weighted by molar-refractivity contribution is 7.13. The lowest BCUT2D eigenvalue weighted by Crippen LogP contribution is -2.14. The van der Waals surface area contributed by atoms with Gasteiger partial charge in [0.15, 0.2) is 5.82 Å². The minimum absolute atomic E-state index is 0.248. The van der Waals surface area contributed by atoms with Gasteiger partial charge >= 0.3 is 0 Å². The van der Waals surface area contributed by atoms with Crippen LogP contribution in [0.25, 0.3) is 10.6 Å². The van der Waals surface area contributed by atoms with Crippen LogP contribution in [0.1, 0.15) is 16.1 Å². The standard InChI is InChI=1S/C13H11N5OS/c1-8-9(13(19)16-12-7-14-18-17-12)4-5-10(15-8)11-3-2-6-20-11/h2-7H,1H3,(H2,14,16,17,18,19). The van der Waals surface area contributed by atoms with E-state index in [9.17, 15) is 4.79 Å². The van der Waals surface area contributed by atoms with Crippen molar-refractivity contribution in [2.24, 2.45) is 0 Å². The first-order valence-electron chi connectivity index (χ1n) is 5.92. The van der Waals surface area contributed by atoms with Gasteiger partial charge in [-0.15, -0.1) is 16.4 Å². The van der Waals surface area contributed by atoms with Gasteiger partial charge in [0.25, 0.3) is 5.91 Å². The largest absolute Gasteiger partial charge is 0.304 e. The van der Waals surface area contributed by atoms with E-state index in [4.69, 9.17) is 0 Å². The Hall–Kier alpha value is -2.54. The maximum absolute atomic E-state index is 12.1. The number of H-pyrrole nitrogens is 1. The molecule has 100 valence electrons. The lowest BCUT2D eigenvalue weighted by atomic mass is 10.1. The SMILES string of the molecule is Cc1nc(-c2cccs2)ccc1C(=O)Nc1cn[nH]n1. The zero-order valence-electron chi connectivity index (χ0n) is 10.6. The van der Waals surface area contributed by atoms with E-state index in [1.165, 1.54) is 6.20 Å². The van der Waals surface area contributed by atoms with Crippen molar-refractivity contribution >= 4 is 23.1 Å². The van der Waals surface area contributed by atoms with Crippen molar-refractivity contribution in [3.8, 4) is 10.6 Å². The first kappa shape index (κ1) is 12.5. The second-order valence-corrected chi connectivity index (χ2v) is 5.06. The number of nitrogens with zero attached hydrogens (tertiary/aromatic N) is 3. The molecule has 7 heteroatoms. The predicted octanol–water partition coefficient (Wildman–Crippen LogP) is 2.49. The summed E-state index contributed by atoms with van der Waals surface area (Å²) in [6.45, 7) is 1.81. The summed E-state index contributed by atoms with van der Waals surface area (Å²) >= 11 is 1.62. The molecule has 3 aromatic heterocycles. The zero-order valence-corrected chi connectivity index (χ0v) is 11.4. The van der Waals surface area contributed by atoms with Gasteiger partial charge < -0.3 is 5.32 Å². The molecule has 0 saturated carbocycles. The van der Waals surface area contributed by atoms with Crippen LogP contribution in [0.2, 0.25) is 0 Å². The van der Waals surface area contributed by atoms with Gasteiger partial charge in [-0.05, 0) is 30.5 Å². The molecule has 3 heterocycles. The fourth-order valence-electron chi connectivity index (χ4n) is 1.81. The highest BCUT2D eigenvalue weighted by Gasteiger charge is 2.12. The maximum atomic E-state index is 12.1. The second kappa shape index (κ2) is 5.22. The van der Waals surface area contributed by atoms with Crippen molar-refractivity contribution in [3.63, 3.8) is 0 Å². The Kier molecular flexibility index (Phi) is 3.26. The minimum atomic E-state index is -0.248. The number of anilines is 1. The van der Waals surface area contributed by atoms with Gasteiger partial charge in [-0.2, -0.15) is 10.3 Å². The number of aromatic nitrogens is 4. The van der Waals surface area contributed by atoms with Gasteiger partial charge in [0, 0.05) is 0 Å². The number of rotatable bonds is 3. The molecule has 0 unspecified atom stereocenters. The third-order valence-corrected chi connectivity index (χ3v) is 3.65. The minimum Gasteiger partial charge on any atom is -0.304 e. The molecule has 0 aliphatic rings. The lowest BCUT2D eigenvalue weighted by molar-refractivity contribution is 0.102. The third-order valence-electron chi connectivity index (χ3n) is 2.76. The van der Waals surface area contributed by atoms with E-state index in [2.05, 4.69) is 25.7 Å². The summed E-state index contributed by atoms with van der Waals surface area (Å²) in [5.74, 6) is 0.137. The van der Waals surface area contributed by atoms with E-state index in [1.807, 2.05) is 30.5 Å². The van der Waals surface area contributed by atoms with Gasteiger partial charge in [-0.3, -0.25) is 9.78 Å². The van der Waals surface area contributed by atoms with Crippen LogP contribution in [0.5, 0.6) is 0 Å². The summed E-state index contributed by atoms with van der Waals surface area (Å²) in [7, 11) is 0. The number of carbonyl (C=O) groups excluding carboxylic acids is 1. The molecular formula is C13H11N5OS. The van der Waals surface area contributed by atoms with Crippen molar-refractivity contribution in [3.05, 3.63) is 47.1 Å². The number of aromatic amines is 1. The predicted molar refractivity (Wildman–Crippen MR) is 76.6 cm³/mol. The number of aryl methyl sites for hydroxylation is 1. The molecule has 0 aromatic carbocycles. The molecular weight excluding hydrogens is 274 g/mol. The molecule has 6 nitrogen and oxygen atoms in total. The number of hydrogen-bond donors (Lipinski definition) is 2. The Morgan fingerprint density at radius 3 is 2.90 bits per heavy atom. The Morgan fingerprint density at radius 1 is 1.35 bits per heavy atom. The molecule has 3 rings (SSSR count). The molecule has 0 saturated heterocycles. The topological polar surface area (TPSA) is 83.6 Å². The summed E-state index contributed by atoms with van der Waals surface area (Å²) in [5.41, 5.74) is 2.07. The fourth-order valence-corrected chi connectivity index (χ4v) is 2.50. The molecule has 0 radical (unpaired) electrons. The van der Waals surface area contributed by atoms with Crippen LogP contribution in [0.3, 0.4) is 0 Å². The lowest BCUT2D eigenvalue weighted by Gasteiger charge is -2.06. The van der Waals surface area contributed by atoms with Crippen molar-refractivity contribution in [2.75, 3.05) is 5.32 Å². The van der Waals surface area contributed by atoms with E-state index in [-0.39, 0.29) is 5.91 Å². The van der Waals surface area contributed by atoms with Crippen LogP contribution in [0.15, 0.2) is 35.8 Å². The summed E-state index contributed by atoms with van der Waals surface area (Å²) in [6.07, 6.45) is 1.45. The van der Waals surface area contributed by atoms with Crippen LogP contribution in [-0.4, -0.2) is 26.3 Å². The number of pyridine rings is 1. The Morgan fingerprint density at radius 2 is 2.25 bits per heavy atom. The zero-order chi connectivity index (χ0) is 13.9. The molecule has 20 heavy (non-hydrogen) atoms. The van der Waals surface area contributed by atoms with E-state index >= 15 is 0 Å². The Balaban J connectivity index is 1.86. The summed E-state index contributed by atoms with van der Waals surface area (Å²) in [6, 6.07) is 7.59. The molecule has 3 aromatic rings. The van der Waals surface area contributed by atoms with Crippen molar-refractivity contribution in [1.82, 2.24) is 20.4 Å². The van der Waals surface area contributed by atoms with Crippen molar-refractivity contribution in [1.29, 1.82) is 0 Å². The van der Waals surface area contributed by atoms with Crippen molar-refractivity contribution < 1.29 is 4.79 Å². The van der Waals surface area contributed by atoms with E-state index in [0.717, 1.165) is 10.6 Å². The van der Waals surface area contributed by atoms with Crippen LogP contribution in [0.4, 0.5) is 5.82 Å². The molecule has 1 amide bonds. The number of hydrogen-bond acceptors (Lipinski definition) is 5. The van der Waals surface area contributed by atoms with E-state index in [1.54, 1.807) is 17.4 Å². The number of nitrogens with one attached hydrogen (secondary N) is 2. The molecule has 0 bridgehead atoms. The normalized spacial score (nSPS) is 10.4. The Labute approximate surface area is 118 Å². The average molecular weight is 285 g/mol. The van der Waals surface area contributed by atoms with Gasteiger partial charge in [0.05, 0.1) is 28.0 Å². The van der Waals surface area contributed by atoms with E-state index in [0.29, 0.717) is 17.1 Å². The Bertz CT molecular complexity index is 721. The summed E-state index contributed by atoms with van der Waals surface area (Å²) < 4.78 is 0. The maximum Gasteiger partial charge on any atom is 0.258 e. The van der Waals surface area contributed by atoms with E-state index < -0.39 is 0 Å². The highest BCUT2D eigenvalue weighted by Crippen LogP contribution is 2.23. The van der Waals surface area contributed by atoms with Crippen LogP contribution >= 0.6 is 11.3 Å². The number of thiophene rings is 1. The average Bonchev–Trinajstić information content (AvgIpc) is 3.11. The second-order valence-electron chi connectivity index (χ2n) is 4.12. The van der Waals surface area contributed by atoms with Gasteiger partial charge in [-0.25, -0.2) is 0 Å². The fraction of sp³-hybridized carbons (Fsp3) is 0.0769. The first-order chi connectivity index (χ1) is 9.74. The molecule has 2 N–H and O–H groups in total. The first-order valence-corrected chi connectivity index (χ1v) is 6.80. The van der Waals surface area contributed by atoms with Crippen LogP contribution in [0, 0.1) is 6.92 Å². The quantitative estimate of drug-likeness (QED) is 0.774. The smallest absolute Gasteiger partial charge is 0.258 e. The van der Waals surface area contributed by atoms with Gasteiger partial charge in [-0.1, -0.05) is 6.07 Å². The van der Waals surface area contributed by atoms with Crippen LogP contribution < -0.4 is 5.32 Å². The monoisotopic (exact) mass is 285 g/mol. The van der Waals surface area contributed by atoms with Gasteiger partial charge in [0.2, 0.25) is 0 Å². The summed E-state index contributed by atoms with van der Waals surface area (Å²) in [5, 5.41) is 14.5. The third kappa shape index (κ3) is 2.43. The highest BCUT2D eigenvalue weighted by atomic mass is 32.1. The molecule has 0 atom stereocenters. The molecule has 0 aliphatic carbocycles. The molecule has 0 fully saturated rings. The summed E-state index contributed by atoms with van der Waals surface area (Å²) in [4.78, 5) is 17.7. The molecule has 0 aliphatic heterocycles. The molecule has 0 spiro atoms. The number of amides is 1. The van der Waals surface area contributed by atoms with Crippen molar-refractivity contribution in [2.45, 2.75) is 6.92 Å². The van der Waals surface area contributed by atoms with Crippen LogP contribution in [-0.2, 0) is 0 Å². The van der Waals surface area contributed by atoms with Gasteiger partial charge in [0.1, 0.15) is 0 Å².